The van der Waals surface area contributed by atoms with Crippen LogP contribution in [0.25, 0.3) is 0 Å². The van der Waals surface area contributed by atoms with E-state index in [-0.39, 0.29) is 23.8 Å². The fourth-order valence-electron chi connectivity index (χ4n) is 2.12. The van der Waals surface area contributed by atoms with Crippen LogP contribution < -0.4 is 5.32 Å². The van der Waals surface area contributed by atoms with E-state index >= 15 is 0 Å². The van der Waals surface area contributed by atoms with Crippen LogP contribution in [0.2, 0.25) is 0 Å². The Bertz CT molecular complexity index is 336. The summed E-state index contributed by atoms with van der Waals surface area (Å²) >= 11 is 0. The van der Waals surface area contributed by atoms with Gasteiger partial charge in [0, 0.05) is 6.54 Å². The molecule has 17 heavy (non-hydrogen) atoms. The molecule has 0 aromatic rings. The van der Waals surface area contributed by atoms with Gasteiger partial charge in [-0.25, -0.2) is 0 Å². The molecule has 0 aliphatic carbocycles. The molecule has 0 spiro atoms. The van der Waals surface area contributed by atoms with Gasteiger partial charge < -0.3 is 10.2 Å². The number of hydrogen-bond donors (Lipinski definition) is 1. The van der Waals surface area contributed by atoms with Gasteiger partial charge in [-0.05, 0) is 19.3 Å². The van der Waals surface area contributed by atoms with E-state index in [1.807, 2.05) is 27.7 Å². The Labute approximate surface area is 103 Å². The summed E-state index contributed by atoms with van der Waals surface area (Å²) in [4.78, 5) is 25.9. The number of hydrogen-bond acceptors (Lipinski definition) is 2. The van der Waals surface area contributed by atoms with Crippen LogP contribution in [0.3, 0.4) is 0 Å². The molecule has 1 aliphatic heterocycles. The van der Waals surface area contributed by atoms with Crippen LogP contribution in [0.4, 0.5) is 0 Å². The Hall–Kier alpha value is -1.32. The first-order valence-electron chi connectivity index (χ1n) is 6.13. The summed E-state index contributed by atoms with van der Waals surface area (Å²) in [5.74, 6) is 0.0679. The summed E-state index contributed by atoms with van der Waals surface area (Å²) in [6.45, 7) is 12.0. The Morgan fingerprint density at radius 1 is 1.47 bits per heavy atom. The van der Waals surface area contributed by atoms with E-state index in [4.69, 9.17) is 0 Å². The minimum Gasteiger partial charge on any atom is -0.342 e. The van der Waals surface area contributed by atoms with Crippen LogP contribution in [-0.2, 0) is 9.59 Å². The SMILES string of the molecule is C=C(C)CN1C(=O)C(C(C)C)NC(=O)C1CC. The van der Waals surface area contributed by atoms with Crippen molar-refractivity contribution in [3.63, 3.8) is 0 Å². The Morgan fingerprint density at radius 2 is 2.06 bits per heavy atom. The van der Waals surface area contributed by atoms with E-state index in [1.165, 1.54) is 0 Å². The highest BCUT2D eigenvalue weighted by Crippen LogP contribution is 2.18. The third-order valence-corrected chi connectivity index (χ3v) is 3.02. The highest BCUT2D eigenvalue weighted by Gasteiger charge is 2.40. The van der Waals surface area contributed by atoms with Crippen molar-refractivity contribution in [3.8, 4) is 0 Å². The van der Waals surface area contributed by atoms with Crippen molar-refractivity contribution >= 4 is 11.8 Å². The van der Waals surface area contributed by atoms with Crippen LogP contribution in [-0.4, -0.2) is 35.3 Å². The number of carbonyl (C=O) groups excluding carboxylic acids is 2. The van der Waals surface area contributed by atoms with Crippen molar-refractivity contribution < 1.29 is 9.59 Å². The predicted octanol–water partition coefficient (Wildman–Crippen LogP) is 1.32. The van der Waals surface area contributed by atoms with Gasteiger partial charge in [0.1, 0.15) is 12.1 Å². The molecule has 96 valence electrons. The van der Waals surface area contributed by atoms with Gasteiger partial charge in [-0.2, -0.15) is 0 Å². The Balaban J connectivity index is 2.96. The summed E-state index contributed by atoms with van der Waals surface area (Å²) in [6, 6.07) is -0.751. The zero-order chi connectivity index (χ0) is 13.2. The van der Waals surface area contributed by atoms with Gasteiger partial charge in [0.15, 0.2) is 0 Å². The molecule has 0 bridgehead atoms. The lowest BCUT2D eigenvalue weighted by Gasteiger charge is -2.40. The topological polar surface area (TPSA) is 49.4 Å². The fraction of sp³-hybridized carbons (Fsp3) is 0.692. The normalized spacial score (nSPS) is 25.1. The quantitative estimate of drug-likeness (QED) is 0.751. The van der Waals surface area contributed by atoms with E-state index in [1.54, 1.807) is 4.90 Å². The molecular formula is C13H22N2O2. The molecular weight excluding hydrogens is 216 g/mol. The average molecular weight is 238 g/mol. The number of piperazine rings is 1. The number of nitrogens with one attached hydrogen (secondary N) is 1. The first kappa shape index (κ1) is 13.7. The second-order valence-corrected chi connectivity index (χ2v) is 5.08. The molecule has 0 aromatic heterocycles. The van der Waals surface area contributed by atoms with Crippen molar-refractivity contribution in [2.24, 2.45) is 5.92 Å². The molecule has 0 radical (unpaired) electrons. The lowest BCUT2D eigenvalue weighted by molar-refractivity contribution is -0.150. The maximum Gasteiger partial charge on any atom is 0.246 e. The standard InChI is InChI=1S/C13H22N2O2/c1-6-10-12(16)14-11(9(4)5)13(17)15(10)7-8(2)3/h9-11H,2,6-7H2,1,3-5H3,(H,14,16). The summed E-state index contributed by atoms with van der Waals surface area (Å²) in [7, 11) is 0. The molecule has 1 saturated heterocycles. The molecule has 1 fully saturated rings. The molecule has 1 heterocycles. The minimum absolute atomic E-state index is 0.00875. The van der Waals surface area contributed by atoms with Crippen LogP contribution in [0.15, 0.2) is 12.2 Å². The van der Waals surface area contributed by atoms with Crippen molar-refractivity contribution in [3.05, 3.63) is 12.2 Å². The average Bonchev–Trinajstić information content (AvgIpc) is 2.22. The van der Waals surface area contributed by atoms with Gasteiger partial charge in [-0.15, -0.1) is 0 Å². The van der Waals surface area contributed by atoms with Crippen molar-refractivity contribution in [1.82, 2.24) is 10.2 Å². The maximum absolute atomic E-state index is 12.3. The highest BCUT2D eigenvalue weighted by molar-refractivity contribution is 5.97. The second kappa shape index (κ2) is 5.34. The lowest BCUT2D eigenvalue weighted by atomic mass is 9.96. The summed E-state index contributed by atoms with van der Waals surface area (Å²) in [6.07, 6.45) is 0.635. The molecule has 4 heteroatoms. The third kappa shape index (κ3) is 2.87. The largest absolute Gasteiger partial charge is 0.342 e. The van der Waals surface area contributed by atoms with E-state index in [0.717, 1.165) is 5.57 Å². The zero-order valence-corrected chi connectivity index (χ0v) is 11.1. The van der Waals surface area contributed by atoms with E-state index < -0.39 is 6.04 Å². The molecule has 0 aromatic carbocycles. The maximum atomic E-state index is 12.3. The van der Waals surface area contributed by atoms with E-state index in [2.05, 4.69) is 11.9 Å². The zero-order valence-electron chi connectivity index (χ0n) is 11.1. The molecule has 2 atom stereocenters. The van der Waals surface area contributed by atoms with Gasteiger partial charge in [-0.3, -0.25) is 9.59 Å². The van der Waals surface area contributed by atoms with Gasteiger partial charge in [0.05, 0.1) is 0 Å². The van der Waals surface area contributed by atoms with Gasteiger partial charge >= 0.3 is 0 Å². The molecule has 1 rings (SSSR count). The van der Waals surface area contributed by atoms with Crippen molar-refractivity contribution in [2.45, 2.75) is 46.2 Å². The highest BCUT2D eigenvalue weighted by atomic mass is 16.2. The van der Waals surface area contributed by atoms with Gasteiger partial charge in [0.25, 0.3) is 0 Å². The molecule has 1 N–H and O–H groups in total. The van der Waals surface area contributed by atoms with Crippen LogP contribution in [0.5, 0.6) is 0 Å². The van der Waals surface area contributed by atoms with Crippen LogP contribution in [0, 0.1) is 5.92 Å². The van der Waals surface area contributed by atoms with E-state index in [0.29, 0.717) is 13.0 Å². The fourth-order valence-corrected chi connectivity index (χ4v) is 2.12. The molecule has 0 saturated carbocycles. The number of rotatable bonds is 4. The summed E-state index contributed by atoms with van der Waals surface area (Å²) in [5, 5.41) is 2.81. The minimum atomic E-state index is -0.398. The Kier molecular flexibility index (Phi) is 4.32. The monoisotopic (exact) mass is 238 g/mol. The summed E-state index contributed by atoms with van der Waals surface area (Å²) < 4.78 is 0. The predicted molar refractivity (Wildman–Crippen MR) is 67.4 cm³/mol. The van der Waals surface area contributed by atoms with Crippen LogP contribution in [0.1, 0.15) is 34.1 Å². The van der Waals surface area contributed by atoms with Gasteiger partial charge in [-0.1, -0.05) is 32.9 Å². The van der Waals surface area contributed by atoms with Gasteiger partial charge in [0.2, 0.25) is 11.8 Å². The first-order valence-corrected chi connectivity index (χ1v) is 6.13. The molecule has 1 aliphatic rings. The lowest BCUT2D eigenvalue weighted by Crippen LogP contribution is -2.64. The van der Waals surface area contributed by atoms with E-state index in [9.17, 15) is 9.59 Å². The molecule has 2 amide bonds. The van der Waals surface area contributed by atoms with Crippen molar-refractivity contribution in [2.75, 3.05) is 6.54 Å². The Morgan fingerprint density at radius 3 is 2.47 bits per heavy atom. The molecule has 4 nitrogen and oxygen atoms in total. The smallest absolute Gasteiger partial charge is 0.246 e. The third-order valence-electron chi connectivity index (χ3n) is 3.02. The van der Waals surface area contributed by atoms with Crippen LogP contribution >= 0.6 is 0 Å². The number of amides is 2. The summed E-state index contributed by atoms with van der Waals surface area (Å²) in [5.41, 5.74) is 0.897. The number of carbonyl (C=O) groups is 2. The number of nitrogens with zero attached hydrogens (tertiary/aromatic N) is 1. The van der Waals surface area contributed by atoms with Crippen molar-refractivity contribution in [1.29, 1.82) is 0 Å². The first-order chi connectivity index (χ1) is 7.88. The second-order valence-electron chi connectivity index (χ2n) is 5.08. The molecule has 2 unspecified atom stereocenters.